The summed E-state index contributed by atoms with van der Waals surface area (Å²) in [5.41, 5.74) is 2.84. The van der Waals surface area contributed by atoms with Crippen LogP contribution in [0.5, 0.6) is 0 Å². The van der Waals surface area contributed by atoms with Crippen molar-refractivity contribution in [1.29, 1.82) is 0 Å². The van der Waals surface area contributed by atoms with E-state index in [9.17, 15) is 8.42 Å². The Balaban J connectivity index is 1.27. The highest BCUT2D eigenvalue weighted by molar-refractivity contribution is 7.90. The fourth-order valence-corrected chi connectivity index (χ4v) is 6.05. The van der Waals surface area contributed by atoms with Crippen LogP contribution < -0.4 is 10.0 Å². The number of anilines is 1. The first-order valence-corrected chi connectivity index (χ1v) is 12.3. The van der Waals surface area contributed by atoms with Crippen LogP contribution in [-0.2, 0) is 10.0 Å². The van der Waals surface area contributed by atoms with E-state index in [4.69, 9.17) is 11.6 Å². The predicted octanol–water partition coefficient (Wildman–Crippen LogP) is 4.08. The molecule has 3 heterocycles. The molecule has 2 aliphatic carbocycles. The lowest BCUT2D eigenvalue weighted by atomic mass is 9.92. The lowest BCUT2D eigenvalue weighted by molar-refractivity contribution is 0.386. The van der Waals surface area contributed by atoms with Gasteiger partial charge in [0.2, 0.25) is 10.0 Å². The summed E-state index contributed by atoms with van der Waals surface area (Å²) in [5, 5.41) is 4.79. The number of pyridine rings is 2. The number of fused-ring (bicyclic) bond motifs is 1. The highest BCUT2D eigenvalue weighted by Gasteiger charge is 2.37. The van der Waals surface area contributed by atoms with Crippen LogP contribution in [-0.4, -0.2) is 40.7 Å². The van der Waals surface area contributed by atoms with Crippen molar-refractivity contribution in [1.82, 2.24) is 19.7 Å². The molecule has 3 N–H and O–H groups in total. The van der Waals surface area contributed by atoms with E-state index in [1.807, 2.05) is 30.5 Å². The molecule has 0 unspecified atom stereocenters. The molecule has 3 aromatic rings. The molecule has 7 nitrogen and oxygen atoms in total. The average Bonchev–Trinajstić information content (AvgIpc) is 3.49. The maximum absolute atomic E-state index is 12.2. The first kappa shape index (κ1) is 19.8. The number of aromatic amines is 1. The molecule has 0 atom stereocenters. The van der Waals surface area contributed by atoms with Gasteiger partial charge in [-0.2, -0.15) is 0 Å². The number of rotatable bonds is 6. The third-order valence-electron chi connectivity index (χ3n) is 5.93. The Morgan fingerprint density at radius 2 is 1.83 bits per heavy atom. The summed E-state index contributed by atoms with van der Waals surface area (Å²) in [4.78, 5) is 12.0. The monoisotopic (exact) mass is 445 g/mol. The molecule has 158 valence electrons. The quantitative estimate of drug-likeness (QED) is 0.496. The van der Waals surface area contributed by atoms with Gasteiger partial charge in [-0.05, 0) is 68.4 Å². The molecular formula is C21H24ClN5O2S. The zero-order valence-electron chi connectivity index (χ0n) is 16.4. The SMILES string of the molecule is O=S(=O)(NC1CCC(Nc2cc(-c3c[nH]c4ncccc34)cc(Cl)n2)CC1)C1CC1. The Labute approximate surface area is 180 Å². The Morgan fingerprint density at radius 1 is 1.07 bits per heavy atom. The fraction of sp³-hybridized carbons (Fsp3) is 0.429. The number of halogens is 1. The summed E-state index contributed by atoms with van der Waals surface area (Å²) < 4.78 is 27.2. The zero-order valence-corrected chi connectivity index (χ0v) is 18.0. The van der Waals surface area contributed by atoms with Crippen molar-refractivity contribution in [2.24, 2.45) is 0 Å². The molecule has 2 saturated carbocycles. The van der Waals surface area contributed by atoms with E-state index in [2.05, 4.69) is 25.0 Å². The van der Waals surface area contributed by atoms with Crippen molar-refractivity contribution in [2.45, 2.75) is 55.9 Å². The molecule has 0 amide bonds. The van der Waals surface area contributed by atoms with Gasteiger partial charge in [0, 0.05) is 35.4 Å². The number of nitrogens with zero attached hydrogens (tertiary/aromatic N) is 2. The standard InChI is InChI=1S/C21H24ClN5O2S/c22-19-10-13(18-12-24-21-17(18)2-1-9-23-21)11-20(26-19)25-14-3-5-15(6-4-14)27-30(28,29)16-7-8-16/h1-2,9-12,14-16,27H,3-8H2,(H,23,24)(H,25,26). The summed E-state index contributed by atoms with van der Waals surface area (Å²) in [6, 6.07) is 8.08. The third kappa shape index (κ3) is 4.17. The van der Waals surface area contributed by atoms with Crippen LogP contribution in [0.2, 0.25) is 5.15 Å². The Morgan fingerprint density at radius 3 is 2.60 bits per heavy atom. The van der Waals surface area contributed by atoms with Crippen LogP contribution in [0.3, 0.4) is 0 Å². The molecule has 0 bridgehead atoms. The van der Waals surface area contributed by atoms with Gasteiger partial charge in [-0.25, -0.2) is 23.1 Å². The molecule has 0 saturated heterocycles. The van der Waals surface area contributed by atoms with Crippen molar-refractivity contribution in [3.05, 3.63) is 41.8 Å². The van der Waals surface area contributed by atoms with Gasteiger partial charge in [-0.15, -0.1) is 0 Å². The molecule has 2 aliphatic rings. The maximum Gasteiger partial charge on any atom is 0.214 e. The minimum atomic E-state index is -3.13. The normalized spacial score (nSPS) is 22.3. The lowest BCUT2D eigenvalue weighted by Crippen LogP contribution is -2.41. The van der Waals surface area contributed by atoms with Gasteiger partial charge in [0.25, 0.3) is 0 Å². The molecule has 0 spiro atoms. The maximum atomic E-state index is 12.2. The summed E-state index contributed by atoms with van der Waals surface area (Å²) in [6.07, 6.45) is 8.70. The number of hydrogen-bond acceptors (Lipinski definition) is 5. The van der Waals surface area contributed by atoms with Gasteiger partial charge in [-0.1, -0.05) is 11.6 Å². The topological polar surface area (TPSA) is 99.8 Å². The van der Waals surface area contributed by atoms with Crippen molar-refractivity contribution in [2.75, 3.05) is 5.32 Å². The minimum Gasteiger partial charge on any atom is -0.367 e. The number of hydrogen-bond donors (Lipinski definition) is 3. The second kappa shape index (κ2) is 7.83. The summed E-state index contributed by atoms with van der Waals surface area (Å²) in [5.74, 6) is 0.734. The molecular weight excluding hydrogens is 422 g/mol. The van der Waals surface area contributed by atoms with Gasteiger partial charge >= 0.3 is 0 Å². The predicted molar refractivity (Wildman–Crippen MR) is 119 cm³/mol. The molecule has 2 fully saturated rings. The van der Waals surface area contributed by atoms with Crippen LogP contribution >= 0.6 is 11.6 Å². The Kier molecular flexibility index (Phi) is 5.16. The minimum absolute atomic E-state index is 0.0373. The highest BCUT2D eigenvalue weighted by atomic mass is 35.5. The van der Waals surface area contributed by atoms with Crippen LogP contribution in [0.4, 0.5) is 5.82 Å². The first-order valence-electron chi connectivity index (χ1n) is 10.4. The van der Waals surface area contributed by atoms with Crippen LogP contribution in [0.25, 0.3) is 22.2 Å². The van der Waals surface area contributed by atoms with E-state index in [-0.39, 0.29) is 17.3 Å². The summed E-state index contributed by atoms with van der Waals surface area (Å²) in [7, 11) is -3.13. The van der Waals surface area contributed by atoms with Gasteiger partial charge in [0.15, 0.2) is 0 Å². The van der Waals surface area contributed by atoms with Gasteiger partial charge in [0.05, 0.1) is 5.25 Å². The second-order valence-corrected chi connectivity index (χ2v) is 10.6. The number of sulfonamides is 1. The zero-order chi connectivity index (χ0) is 20.7. The van der Waals surface area contributed by atoms with Gasteiger partial charge < -0.3 is 10.3 Å². The van der Waals surface area contributed by atoms with Crippen molar-refractivity contribution in [3.8, 4) is 11.1 Å². The molecule has 0 aliphatic heterocycles. The fourth-order valence-electron chi connectivity index (χ4n) is 4.19. The molecule has 5 rings (SSSR count). The molecule has 9 heteroatoms. The van der Waals surface area contributed by atoms with Gasteiger partial charge in [-0.3, -0.25) is 0 Å². The number of nitrogens with one attached hydrogen (secondary N) is 3. The average molecular weight is 446 g/mol. The van der Waals surface area contributed by atoms with Crippen molar-refractivity contribution in [3.63, 3.8) is 0 Å². The summed E-state index contributed by atoms with van der Waals surface area (Å²) >= 11 is 6.31. The number of H-pyrrole nitrogens is 1. The van der Waals surface area contributed by atoms with E-state index in [1.165, 1.54) is 0 Å². The van der Waals surface area contributed by atoms with E-state index in [0.29, 0.717) is 5.15 Å². The van der Waals surface area contributed by atoms with E-state index >= 15 is 0 Å². The van der Waals surface area contributed by atoms with Crippen molar-refractivity contribution < 1.29 is 8.42 Å². The van der Waals surface area contributed by atoms with E-state index < -0.39 is 10.0 Å². The highest BCUT2D eigenvalue weighted by Crippen LogP contribution is 2.32. The molecule has 0 aromatic carbocycles. The lowest BCUT2D eigenvalue weighted by Gasteiger charge is -2.30. The first-order chi connectivity index (χ1) is 14.5. The van der Waals surface area contributed by atoms with Crippen LogP contribution in [0, 0.1) is 0 Å². The Bertz CT molecular complexity index is 1170. The molecule has 3 aromatic heterocycles. The van der Waals surface area contributed by atoms with Gasteiger partial charge in [0.1, 0.15) is 16.6 Å². The number of aromatic nitrogens is 3. The summed E-state index contributed by atoms with van der Waals surface area (Å²) in [6.45, 7) is 0. The molecule has 0 radical (unpaired) electrons. The van der Waals surface area contributed by atoms with E-state index in [0.717, 1.165) is 66.5 Å². The van der Waals surface area contributed by atoms with Crippen LogP contribution in [0.15, 0.2) is 36.7 Å². The smallest absolute Gasteiger partial charge is 0.214 e. The third-order valence-corrected chi connectivity index (χ3v) is 8.13. The largest absolute Gasteiger partial charge is 0.367 e. The second-order valence-electron chi connectivity index (χ2n) is 8.22. The molecule has 30 heavy (non-hydrogen) atoms. The van der Waals surface area contributed by atoms with E-state index in [1.54, 1.807) is 6.20 Å². The van der Waals surface area contributed by atoms with Crippen LogP contribution in [0.1, 0.15) is 38.5 Å². The Hall–Kier alpha value is -2.16. The van der Waals surface area contributed by atoms with Crippen molar-refractivity contribution >= 4 is 38.5 Å².